The maximum atomic E-state index is 12.4. The van der Waals surface area contributed by atoms with Crippen LogP contribution in [0, 0.1) is 18.3 Å². The van der Waals surface area contributed by atoms with Gasteiger partial charge in [-0.2, -0.15) is 5.26 Å². The molecule has 0 spiro atoms. The second-order valence-electron chi connectivity index (χ2n) is 2.71. The fourth-order valence-electron chi connectivity index (χ4n) is 1.15. The normalized spacial score (nSPS) is 10.3. The van der Waals surface area contributed by atoms with Gasteiger partial charge in [0.15, 0.2) is 0 Å². The van der Waals surface area contributed by atoms with Crippen molar-refractivity contribution < 1.29 is 8.78 Å². The van der Waals surface area contributed by atoms with Crippen LogP contribution in [0.25, 0.3) is 0 Å². The molecule has 14 heavy (non-hydrogen) atoms. The maximum absolute atomic E-state index is 12.4. The monoisotopic (exact) mass is 216 g/mol. The Morgan fingerprint density at radius 3 is 2.71 bits per heavy atom. The van der Waals surface area contributed by atoms with Gasteiger partial charge in [0.1, 0.15) is 11.8 Å². The van der Waals surface area contributed by atoms with Gasteiger partial charge in [-0.05, 0) is 18.1 Å². The summed E-state index contributed by atoms with van der Waals surface area (Å²) in [6.45, 7) is 1.49. The zero-order valence-corrected chi connectivity index (χ0v) is 8.15. The molecule has 0 N–H and O–H groups in total. The number of rotatable bonds is 2. The van der Waals surface area contributed by atoms with E-state index in [0.29, 0.717) is 11.1 Å². The van der Waals surface area contributed by atoms with E-state index in [2.05, 4.69) is 4.98 Å². The van der Waals surface area contributed by atoms with Crippen LogP contribution >= 0.6 is 11.6 Å². The molecule has 5 heteroatoms. The van der Waals surface area contributed by atoms with Gasteiger partial charge in [-0.15, -0.1) is 11.6 Å². The molecule has 0 aliphatic heterocycles. The second-order valence-corrected chi connectivity index (χ2v) is 2.97. The first-order chi connectivity index (χ1) is 6.61. The Hall–Kier alpha value is -1.21. The maximum Gasteiger partial charge on any atom is 0.280 e. The van der Waals surface area contributed by atoms with Gasteiger partial charge < -0.3 is 0 Å². The van der Waals surface area contributed by atoms with E-state index in [1.54, 1.807) is 0 Å². The number of pyridine rings is 1. The van der Waals surface area contributed by atoms with E-state index in [1.165, 1.54) is 6.92 Å². The SMILES string of the molecule is Cc1c(C(F)F)ncc(C#N)c1CCl. The van der Waals surface area contributed by atoms with Gasteiger partial charge in [0.2, 0.25) is 0 Å². The number of halogens is 3. The summed E-state index contributed by atoms with van der Waals surface area (Å²) in [4.78, 5) is 3.53. The lowest BCUT2D eigenvalue weighted by Crippen LogP contribution is -2.01. The van der Waals surface area contributed by atoms with Crippen molar-refractivity contribution in [1.82, 2.24) is 4.98 Å². The molecule has 0 radical (unpaired) electrons. The topological polar surface area (TPSA) is 36.7 Å². The van der Waals surface area contributed by atoms with Crippen LogP contribution < -0.4 is 0 Å². The summed E-state index contributed by atoms with van der Waals surface area (Å²) in [5.74, 6) is 0.0387. The van der Waals surface area contributed by atoms with Crippen molar-refractivity contribution >= 4 is 11.6 Å². The van der Waals surface area contributed by atoms with Crippen molar-refractivity contribution in [2.45, 2.75) is 19.2 Å². The number of nitrogens with zero attached hydrogens (tertiary/aromatic N) is 2. The fourth-order valence-corrected chi connectivity index (χ4v) is 1.50. The first kappa shape index (κ1) is 10.9. The first-order valence-electron chi connectivity index (χ1n) is 3.84. The third-order valence-electron chi connectivity index (χ3n) is 1.96. The molecule has 0 amide bonds. The molecule has 1 heterocycles. The molecule has 0 atom stereocenters. The molecule has 2 nitrogen and oxygen atoms in total. The largest absolute Gasteiger partial charge is 0.280 e. The molecule has 0 fully saturated rings. The molecule has 0 saturated heterocycles. The molecule has 0 aromatic carbocycles. The highest BCUT2D eigenvalue weighted by molar-refractivity contribution is 6.17. The van der Waals surface area contributed by atoms with Gasteiger partial charge in [0.25, 0.3) is 6.43 Å². The summed E-state index contributed by atoms with van der Waals surface area (Å²) in [7, 11) is 0. The Balaban J connectivity index is 3.37. The summed E-state index contributed by atoms with van der Waals surface area (Å²) in [6, 6.07) is 1.86. The molecular formula is C9H7ClF2N2. The van der Waals surface area contributed by atoms with Gasteiger partial charge >= 0.3 is 0 Å². The molecule has 0 bridgehead atoms. The van der Waals surface area contributed by atoms with Crippen LogP contribution in [0.3, 0.4) is 0 Å². The predicted molar refractivity (Wildman–Crippen MR) is 48.2 cm³/mol. The lowest BCUT2D eigenvalue weighted by molar-refractivity contribution is 0.145. The van der Waals surface area contributed by atoms with Crippen molar-refractivity contribution in [3.8, 4) is 6.07 Å². The predicted octanol–water partition coefficient (Wildman–Crippen LogP) is 2.94. The number of hydrogen-bond acceptors (Lipinski definition) is 2. The van der Waals surface area contributed by atoms with E-state index in [-0.39, 0.29) is 17.1 Å². The Bertz CT molecular complexity index is 385. The van der Waals surface area contributed by atoms with Crippen LogP contribution in [0.15, 0.2) is 6.20 Å². The number of aromatic nitrogens is 1. The molecule has 0 aliphatic carbocycles. The van der Waals surface area contributed by atoms with Crippen molar-refractivity contribution in [2.75, 3.05) is 0 Å². The lowest BCUT2D eigenvalue weighted by Gasteiger charge is -2.08. The van der Waals surface area contributed by atoms with Gasteiger partial charge in [-0.25, -0.2) is 8.78 Å². The third-order valence-corrected chi connectivity index (χ3v) is 2.22. The molecular weight excluding hydrogens is 210 g/mol. The van der Waals surface area contributed by atoms with E-state index in [1.807, 2.05) is 6.07 Å². The van der Waals surface area contributed by atoms with Crippen molar-refractivity contribution in [1.29, 1.82) is 5.26 Å². The molecule has 1 aromatic rings. The Labute approximate surface area is 85.1 Å². The average Bonchev–Trinajstić information content (AvgIpc) is 2.16. The minimum Gasteiger partial charge on any atom is -0.254 e. The van der Waals surface area contributed by atoms with E-state index in [4.69, 9.17) is 16.9 Å². The molecule has 0 saturated carbocycles. The van der Waals surface area contributed by atoms with Crippen molar-refractivity contribution in [3.63, 3.8) is 0 Å². The van der Waals surface area contributed by atoms with Gasteiger partial charge in [-0.1, -0.05) is 0 Å². The van der Waals surface area contributed by atoms with E-state index in [9.17, 15) is 8.78 Å². The van der Waals surface area contributed by atoms with Crippen molar-refractivity contribution in [2.24, 2.45) is 0 Å². The second kappa shape index (κ2) is 4.34. The van der Waals surface area contributed by atoms with Crippen molar-refractivity contribution in [3.05, 3.63) is 28.6 Å². The minimum absolute atomic E-state index is 0.0387. The Morgan fingerprint density at radius 2 is 2.29 bits per heavy atom. The minimum atomic E-state index is -2.63. The molecule has 1 rings (SSSR count). The summed E-state index contributed by atoms with van der Waals surface area (Å²) in [6.07, 6.45) is -1.50. The lowest BCUT2D eigenvalue weighted by atomic mass is 10.0. The zero-order chi connectivity index (χ0) is 10.7. The third kappa shape index (κ3) is 1.83. The zero-order valence-electron chi connectivity index (χ0n) is 7.39. The van der Waals surface area contributed by atoms with E-state index >= 15 is 0 Å². The Kier molecular flexibility index (Phi) is 3.37. The van der Waals surface area contributed by atoms with E-state index in [0.717, 1.165) is 6.20 Å². The molecule has 0 aliphatic rings. The molecule has 0 unspecified atom stereocenters. The van der Waals surface area contributed by atoms with Crippen LogP contribution in [0.4, 0.5) is 8.78 Å². The smallest absolute Gasteiger partial charge is 0.254 e. The average molecular weight is 217 g/mol. The van der Waals surface area contributed by atoms with Crippen LogP contribution in [0.1, 0.15) is 28.8 Å². The van der Waals surface area contributed by atoms with Crippen LogP contribution in [0.5, 0.6) is 0 Å². The van der Waals surface area contributed by atoms with Gasteiger partial charge in [-0.3, -0.25) is 4.98 Å². The highest BCUT2D eigenvalue weighted by Crippen LogP contribution is 2.25. The van der Waals surface area contributed by atoms with Crippen LogP contribution in [0.2, 0.25) is 0 Å². The van der Waals surface area contributed by atoms with Crippen LogP contribution in [-0.4, -0.2) is 4.98 Å². The van der Waals surface area contributed by atoms with Gasteiger partial charge in [0.05, 0.1) is 5.56 Å². The van der Waals surface area contributed by atoms with Gasteiger partial charge in [0, 0.05) is 12.1 Å². The highest BCUT2D eigenvalue weighted by atomic mass is 35.5. The number of hydrogen-bond donors (Lipinski definition) is 0. The van der Waals surface area contributed by atoms with E-state index < -0.39 is 6.43 Å². The molecule has 74 valence electrons. The van der Waals surface area contributed by atoms with Crippen LogP contribution in [-0.2, 0) is 5.88 Å². The Morgan fingerprint density at radius 1 is 1.64 bits per heavy atom. The summed E-state index contributed by atoms with van der Waals surface area (Å²) >= 11 is 5.57. The summed E-state index contributed by atoms with van der Waals surface area (Å²) < 4.78 is 24.8. The number of nitriles is 1. The highest BCUT2D eigenvalue weighted by Gasteiger charge is 2.16. The quantitative estimate of drug-likeness (QED) is 0.713. The standard InChI is InChI=1S/C9H7ClF2N2/c1-5-7(2-10)6(3-13)4-14-8(5)9(11)12/h4,9H,2H2,1H3. The first-order valence-corrected chi connectivity index (χ1v) is 4.37. The number of alkyl halides is 3. The molecule has 1 aromatic heterocycles. The summed E-state index contributed by atoms with van der Waals surface area (Å²) in [5.41, 5.74) is 0.676. The summed E-state index contributed by atoms with van der Waals surface area (Å²) in [5, 5.41) is 8.67. The fraction of sp³-hybridized carbons (Fsp3) is 0.333.